The second-order valence-corrected chi connectivity index (χ2v) is 12.8. The molecule has 5 rings (SSSR count). The Balaban J connectivity index is 1.58. The van der Waals surface area contributed by atoms with Gasteiger partial charge in [0, 0.05) is 0 Å². The summed E-state index contributed by atoms with van der Waals surface area (Å²) in [5.41, 5.74) is 9.10. The summed E-state index contributed by atoms with van der Waals surface area (Å²) in [7, 11) is 0. The predicted octanol–water partition coefficient (Wildman–Crippen LogP) is 7.50. The van der Waals surface area contributed by atoms with Gasteiger partial charge in [0.25, 0.3) is 0 Å². The first-order chi connectivity index (χ1) is 22.7. The van der Waals surface area contributed by atoms with Gasteiger partial charge in [-0.15, -0.1) is 0 Å². The molecule has 1 aliphatic carbocycles. The Kier molecular flexibility index (Phi) is 11.4. The molecular weight excluding hydrogens is 588 g/mol. The van der Waals surface area contributed by atoms with Gasteiger partial charge in [0.15, 0.2) is 0 Å². The molecule has 6 heteroatoms. The van der Waals surface area contributed by atoms with Crippen molar-refractivity contribution in [3.63, 3.8) is 0 Å². The minimum Gasteiger partial charge on any atom is -0.491 e. The molecule has 0 bridgehead atoms. The molecule has 0 aliphatic heterocycles. The highest BCUT2D eigenvalue weighted by Gasteiger charge is 2.46. The Morgan fingerprint density at radius 2 is 0.957 bits per heavy atom. The van der Waals surface area contributed by atoms with E-state index in [1.165, 1.54) is 33.4 Å². The van der Waals surface area contributed by atoms with Gasteiger partial charge in [-0.25, -0.2) is 0 Å². The maximum atomic E-state index is 9.61. The van der Waals surface area contributed by atoms with E-state index in [0.717, 1.165) is 35.5 Å². The fourth-order valence-electron chi connectivity index (χ4n) is 6.60. The van der Waals surface area contributed by atoms with Crippen molar-refractivity contribution in [1.82, 2.24) is 0 Å². The van der Waals surface area contributed by atoms with Gasteiger partial charge < -0.3 is 29.2 Å². The van der Waals surface area contributed by atoms with Crippen molar-refractivity contribution in [2.45, 2.75) is 84.2 Å². The van der Waals surface area contributed by atoms with E-state index in [-0.39, 0.29) is 25.4 Å². The van der Waals surface area contributed by atoms with E-state index in [4.69, 9.17) is 18.9 Å². The molecule has 0 aromatic heterocycles. The summed E-state index contributed by atoms with van der Waals surface area (Å²) in [5.74, 6) is 1.70. The van der Waals surface area contributed by atoms with E-state index in [2.05, 4.69) is 98.8 Å². The topological polar surface area (TPSA) is 77.4 Å². The maximum absolute atomic E-state index is 9.61. The van der Waals surface area contributed by atoms with Gasteiger partial charge in [-0.2, -0.15) is 0 Å². The lowest BCUT2D eigenvalue weighted by molar-refractivity contribution is -0.0133. The zero-order chi connectivity index (χ0) is 33.6. The molecule has 4 aromatic carbocycles. The van der Waals surface area contributed by atoms with Crippen molar-refractivity contribution in [2.24, 2.45) is 0 Å². The number of aliphatic hydroxyl groups excluding tert-OH is 2. The maximum Gasteiger partial charge on any atom is 0.122 e. The van der Waals surface area contributed by atoms with Gasteiger partial charge in [-0.1, -0.05) is 86.6 Å². The third-order valence-corrected chi connectivity index (χ3v) is 8.89. The Bertz CT molecular complexity index is 1510. The average molecular weight is 639 g/mol. The van der Waals surface area contributed by atoms with E-state index < -0.39 is 17.6 Å². The molecule has 4 unspecified atom stereocenters. The molecular formula is C41H50O6. The molecule has 0 fully saturated rings. The smallest absolute Gasteiger partial charge is 0.122 e. The summed E-state index contributed by atoms with van der Waals surface area (Å²) in [5, 5.41) is 19.2. The number of rotatable bonds is 16. The quantitative estimate of drug-likeness (QED) is 0.117. The number of hydrogen-bond acceptors (Lipinski definition) is 6. The highest BCUT2D eigenvalue weighted by molar-refractivity contribution is 5.86. The van der Waals surface area contributed by atoms with Gasteiger partial charge in [-0.05, 0) is 97.2 Å². The van der Waals surface area contributed by atoms with Crippen LogP contribution in [0.5, 0.6) is 11.5 Å². The monoisotopic (exact) mass is 638 g/mol. The highest BCUT2D eigenvalue weighted by Crippen LogP contribution is 2.56. The molecule has 4 aromatic rings. The SMILES string of the molecule is CCc1cc(C2(c3ccc(OCC(C)OCC(C)O)c(CC)c3)c3ccccc3-c3ccccc32)ccc1OCC(C)OCC(C)O. The third-order valence-electron chi connectivity index (χ3n) is 8.89. The largest absolute Gasteiger partial charge is 0.491 e. The van der Waals surface area contributed by atoms with Crippen LogP contribution in [0.3, 0.4) is 0 Å². The van der Waals surface area contributed by atoms with E-state index >= 15 is 0 Å². The number of benzene rings is 4. The molecule has 6 nitrogen and oxygen atoms in total. The summed E-state index contributed by atoms with van der Waals surface area (Å²) in [4.78, 5) is 0. The number of ether oxygens (including phenoxy) is 4. The Labute approximate surface area is 280 Å². The van der Waals surface area contributed by atoms with Crippen LogP contribution in [0.4, 0.5) is 0 Å². The molecule has 0 radical (unpaired) electrons. The van der Waals surface area contributed by atoms with Crippen LogP contribution in [0, 0.1) is 0 Å². The number of aliphatic hydroxyl groups is 2. The lowest BCUT2D eigenvalue weighted by atomic mass is 9.67. The van der Waals surface area contributed by atoms with Gasteiger partial charge >= 0.3 is 0 Å². The van der Waals surface area contributed by atoms with Crippen LogP contribution in [0.15, 0.2) is 84.9 Å². The molecule has 0 spiro atoms. The number of aryl methyl sites for hydroxylation is 2. The lowest BCUT2D eigenvalue weighted by Crippen LogP contribution is -2.29. The van der Waals surface area contributed by atoms with Crippen molar-refractivity contribution < 1.29 is 29.2 Å². The first kappa shape index (κ1) is 34.6. The number of fused-ring (bicyclic) bond motifs is 3. The first-order valence-corrected chi connectivity index (χ1v) is 17.0. The molecule has 1 aliphatic rings. The zero-order valence-corrected chi connectivity index (χ0v) is 28.7. The molecule has 250 valence electrons. The fraction of sp³-hybridized carbons (Fsp3) is 0.415. The van der Waals surface area contributed by atoms with E-state index in [0.29, 0.717) is 13.2 Å². The van der Waals surface area contributed by atoms with Crippen LogP contribution in [0.1, 0.15) is 74.9 Å². The van der Waals surface area contributed by atoms with Crippen LogP contribution in [0.25, 0.3) is 11.1 Å². The minimum absolute atomic E-state index is 0.144. The van der Waals surface area contributed by atoms with Crippen molar-refractivity contribution >= 4 is 0 Å². The highest BCUT2D eigenvalue weighted by atomic mass is 16.5. The van der Waals surface area contributed by atoms with Crippen molar-refractivity contribution in [1.29, 1.82) is 0 Å². The fourth-order valence-corrected chi connectivity index (χ4v) is 6.60. The van der Waals surface area contributed by atoms with Crippen molar-refractivity contribution in [3.05, 3.63) is 118 Å². The second kappa shape index (κ2) is 15.5. The van der Waals surface area contributed by atoms with Crippen LogP contribution >= 0.6 is 0 Å². The van der Waals surface area contributed by atoms with Gasteiger partial charge in [-0.3, -0.25) is 0 Å². The van der Waals surface area contributed by atoms with Gasteiger partial charge in [0.1, 0.15) is 24.7 Å². The molecule has 4 atom stereocenters. The Morgan fingerprint density at radius 3 is 1.34 bits per heavy atom. The van der Waals surface area contributed by atoms with E-state index in [1.807, 2.05) is 13.8 Å². The summed E-state index contributed by atoms with van der Waals surface area (Å²) < 4.78 is 24.1. The molecule has 0 saturated carbocycles. The second-order valence-electron chi connectivity index (χ2n) is 12.8. The first-order valence-electron chi connectivity index (χ1n) is 17.0. The van der Waals surface area contributed by atoms with Crippen LogP contribution < -0.4 is 9.47 Å². The van der Waals surface area contributed by atoms with E-state index in [1.54, 1.807) is 13.8 Å². The summed E-state index contributed by atoms with van der Waals surface area (Å²) in [6.45, 7) is 13.1. The van der Waals surface area contributed by atoms with Crippen LogP contribution in [-0.4, -0.2) is 61.1 Å². The Hall–Kier alpha value is -3.68. The summed E-state index contributed by atoms with van der Waals surface area (Å²) in [6.07, 6.45) is 0.318. The average Bonchev–Trinajstić information content (AvgIpc) is 3.39. The van der Waals surface area contributed by atoms with Gasteiger partial charge in [0.2, 0.25) is 0 Å². The van der Waals surface area contributed by atoms with Crippen molar-refractivity contribution in [3.8, 4) is 22.6 Å². The summed E-state index contributed by atoms with van der Waals surface area (Å²) in [6, 6.07) is 30.8. The molecule has 2 N–H and O–H groups in total. The molecule has 0 heterocycles. The normalized spacial score (nSPS) is 15.7. The minimum atomic E-state index is -0.542. The zero-order valence-electron chi connectivity index (χ0n) is 28.7. The molecule has 47 heavy (non-hydrogen) atoms. The standard InChI is InChI=1S/C41H50O6/c1-7-31-21-33(17-19-39(31)46-25-29(5)44-23-27(3)42)41(37-15-11-9-13-35(37)36-14-10-12-16-38(36)41)34-18-20-40(32(8-2)22-34)47-26-30(6)45-24-28(4)43/h9-22,27-30,42-43H,7-8,23-26H2,1-6H3. The molecule has 0 saturated heterocycles. The van der Waals surface area contributed by atoms with Crippen LogP contribution in [0.2, 0.25) is 0 Å². The van der Waals surface area contributed by atoms with Crippen LogP contribution in [-0.2, 0) is 27.7 Å². The molecule has 0 amide bonds. The lowest BCUT2D eigenvalue weighted by Gasteiger charge is -2.35. The Morgan fingerprint density at radius 1 is 0.553 bits per heavy atom. The van der Waals surface area contributed by atoms with Gasteiger partial charge in [0.05, 0.1) is 43.0 Å². The summed E-state index contributed by atoms with van der Waals surface area (Å²) >= 11 is 0. The van der Waals surface area contributed by atoms with E-state index in [9.17, 15) is 10.2 Å². The predicted molar refractivity (Wildman–Crippen MR) is 188 cm³/mol. The third kappa shape index (κ3) is 7.42. The van der Waals surface area contributed by atoms with Crippen molar-refractivity contribution in [2.75, 3.05) is 26.4 Å². The number of hydrogen-bond donors (Lipinski definition) is 2.